The predicted octanol–water partition coefficient (Wildman–Crippen LogP) is 4.47. The van der Waals surface area contributed by atoms with Crippen molar-refractivity contribution in [2.24, 2.45) is 11.8 Å². The maximum Gasteiger partial charge on any atom is 0.228 e. The molecular weight excluding hydrogens is 331 g/mol. The highest BCUT2D eigenvalue weighted by molar-refractivity contribution is 6.03. The number of carbonyl (C=O) groups is 2. The Bertz CT molecular complexity index is 848. The van der Waals surface area contributed by atoms with Crippen LogP contribution in [0.5, 0.6) is 0 Å². The number of hydrogen-bond donors (Lipinski definition) is 2. The first-order valence-electron chi connectivity index (χ1n) is 8.83. The molecule has 0 aromatic heterocycles. The van der Waals surface area contributed by atoms with Gasteiger partial charge in [0.1, 0.15) is 5.82 Å². The quantitative estimate of drug-likeness (QED) is 0.832. The average Bonchev–Trinajstić information content (AvgIpc) is 3.37. The summed E-state index contributed by atoms with van der Waals surface area (Å²) in [5, 5.41) is 5.68. The monoisotopic (exact) mass is 354 g/mol. The molecule has 2 aromatic rings. The smallest absolute Gasteiger partial charge is 0.228 e. The van der Waals surface area contributed by atoms with Crippen LogP contribution in [0.3, 0.4) is 0 Å². The summed E-state index contributed by atoms with van der Waals surface area (Å²) >= 11 is 0. The van der Waals surface area contributed by atoms with E-state index in [1.54, 1.807) is 6.07 Å². The van der Waals surface area contributed by atoms with E-state index in [2.05, 4.69) is 24.5 Å². The first-order chi connectivity index (χ1) is 12.4. The summed E-state index contributed by atoms with van der Waals surface area (Å²) in [4.78, 5) is 24.9. The zero-order chi connectivity index (χ0) is 18.8. The van der Waals surface area contributed by atoms with Crippen molar-refractivity contribution in [1.29, 1.82) is 0 Å². The van der Waals surface area contributed by atoms with Gasteiger partial charge in [-0.3, -0.25) is 9.59 Å². The van der Waals surface area contributed by atoms with Crippen molar-refractivity contribution < 1.29 is 14.0 Å². The Morgan fingerprint density at radius 2 is 1.69 bits per heavy atom. The van der Waals surface area contributed by atoms with Gasteiger partial charge in [0.05, 0.1) is 11.8 Å². The number of nitrogens with one attached hydrogen (secondary N) is 2. The van der Waals surface area contributed by atoms with Crippen LogP contribution in [0, 0.1) is 24.6 Å². The Hall–Kier alpha value is -2.69. The Balaban J connectivity index is 1.64. The van der Waals surface area contributed by atoms with E-state index in [4.69, 9.17) is 0 Å². The maximum atomic E-state index is 13.2. The van der Waals surface area contributed by atoms with E-state index in [-0.39, 0.29) is 29.6 Å². The van der Waals surface area contributed by atoms with E-state index in [0.717, 1.165) is 16.8 Å². The first-order valence-corrected chi connectivity index (χ1v) is 8.83. The van der Waals surface area contributed by atoms with Crippen molar-refractivity contribution in [3.05, 3.63) is 59.4 Å². The van der Waals surface area contributed by atoms with E-state index in [9.17, 15) is 14.0 Å². The molecule has 4 nitrogen and oxygen atoms in total. The number of rotatable bonds is 5. The molecule has 26 heavy (non-hydrogen) atoms. The van der Waals surface area contributed by atoms with Crippen molar-refractivity contribution in [3.8, 4) is 0 Å². The average molecular weight is 354 g/mol. The number of benzene rings is 2. The molecule has 0 spiro atoms. The van der Waals surface area contributed by atoms with Crippen molar-refractivity contribution in [2.45, 2.75) is 33.1 Å². The van der Waals surface area contributed by atoms with E-state index >= 15 is 0 Å². The predicted molar refractivity (Wildman–Crippen MR) is 101 cm³/mol. The molecule has 2 atom stereocenters. The van der Waals surface area contributed by atoms with Gasteiger partial charge in [-0.1, -0.05) is 38.1 Å². The third-order valence-corrected chi connectivity index (χ3v) is 4.73. The zero-order valence-corrected chi connectivity index (χ0v) is 15.2. The lowest BCUT2D eigenvalue weighted by Gasteiger charge is -2.16. The van der Waals surface area contributed by atoms with E-state index in [0.29, 0.717) is 12.1 Å². The van der Waals surface area contributed by atoms with E-state index in [1.165, 1.54) is 18.2 Å². The van der Waals surface area contributed by atoms with Gasteiger partial charge < -0.3 is 10.6 Å². The Kier molecular flexibility index (Phi) is 5.07. The van der Waals surface area contributed by atoms with E-state index < -0.39 is 5.82 Å². The van der Waals surface area contributed by atoms with Crippen molar-refractivity contribution >= 4 is 23.2 Å². The standard InChI is InChI=1S/C21H23FN2O2/c1-12(2)16-9-4-6-13(3)19(16)24-21(26)18-11-17(18)20(25)23-15-8-5-7-14(22)10-15/h4-10,12,17-18H,11H2,1-3H3,(H,23,25)(H,24,26). The van der Waals surface area contributed by atoms with Gasteiger partial charge in [0, 0.05) is 11.4 Å². The van der Waals surface area contributed by atoms with Gasteiger partial charge in [0.15, 0.2) is 0 Å². The molecule has 5 heteroatoms. The second-order valence-corrected chi connectivity index (χ2v) is 7.13. The Morgan fingerprint density at radius 1 is 1.04 bits per heavy atom. The van der Waals surface area contributed by atoms with Crippen LogP contribution in [0.4, 0.5) is 15.8 Å². The van der Waals surface area contributed by atoms with Crippen LogP contribution in [-0.2, 0) is 9.59 Å². The summed E-state index contributed by atoms with van der Waals surface area (Å²) in [6.45, 7) is 6.12. The summed E-state index contributed by atoms with van der Waals surface area (Å²) in [6, 6.07) is 11.7. The van der Waals surface area contributed by atoms with E-state index in [1.807, 2.05) is 25.1 Å². The topological polar surface area (TPSA) is 58.2 Å². The normalized spacial score (nSPS) is 18.5. The summed E-state index contributed by atoms with van der Waals surface area (Å²) < 4.78 is 13.2. The first kappa shape index (κ1) is 18.1. The molecule has 0 radical (unpaired) electrons. The molecular formula is C21H23FN2O2. The molecule has 2 unspecified atom stereocenters. The number of hydrogen-bond acceptors (Lipinski definition) is 2. The SMILES string of the molecule is Cc1cccc(C(C)C)c1NC(=O)C1CC1C(=O)Nc1cccc(F)c1. The summed E-state index contributed by atoms with van der Waals surface area (Å²) in [7, 11) is 0. The number of para-hydroxylation sites is 1. The van der Waals surface area contributed by atoms with Gasteiger partial charge in [-0.05, 0) is 48.6 Å². The molecule has 2 amide bonds. The lowest BCUT2D eigenvalue weighted by Crippen LogP contribution is -2.21. The maximum absolute atomic E-state index is 13.2. The second-order valence-electron chi connectivity index (χ2n) is 7.13. The fraction of sp³-hybridized carbons (Fsp3) is 0.333. The van der Waals surface area contributed by atoms with Crippen LogP contribution < -0.4 is 10.6 Å². The molecule has 0 bridgehead atoms. The third kappa shape index (κ3) is 3.93. The number of carbonyl (C=O) groups excluding carboxylic acids is 2. The molecule has 0 aliphatic heterocycles. The highest BCUT2D eigenvalue weighted by Crippen LogP contribution is 2.41. The third-order valence-electron chi connectivity index (χ3n) is 4.73. The fourth-order valence-electron chi connectivity index (χ4n) is 3.13. The van der Waals surface area contributed by atoms with Gasteiger partial charge in [-0.25, -0.2) is 4.39 Å². The van der Waals surface area contributed by atoms with Gasteiger partial charge in [-0.15, -0.1) is 0 Å². The minimum Gasteiger partial charge on any atom is -0.326 e. The molecule has 136 valence electrons. The number of amides is 2. The van der Waals surface area contributed by atoms with Gasteiger partial charge in [0.2, 0.25) is 11.8 Å². The molecule has 1 saturated carbocycles. The highest BCUT2D eigenvalue weighted by atomic mass is 19.1. The zero-order valence-electron chi connectivity index (χ0n) is 15.2. The van der Waals surface area contributed by atoms with Crippen LogP contribution >= 0.6 is 0 Å². The number of anilines is 2. The largest absolute Gasteiger partial charge is 0.326 e. The van der Waals surface area contributed by atoms with Crippen LogP contribution in [0.1, 0.15) is 37.3 Å². The minimum absolute atomic E-state index is 0.138. The lowest BCUT2D eigenvalue weighted by atomic mass is 9.98. The minimum atomic E-state index is -0.409. The molecule has 1 fully saturated rings. The molecule has 2 aromatic carbocycles. The summed E-state index contributed by atoms with van der Waals surface area (Å²) in [5.41, 5.74) is 3.33. The highest BCUT2D eigenvalue weighted by Gasteiger charge is 2.48. The van der Waals surface area contributed by atoms with Crippen LogP contribution in [0.15, 0.2) is 42.5 Å². The van der Waals surface area contributed by atoms with Crippen molar-refractivity contribution in [2.75, 3.05) is 10.6 Å². The molecule has 1 aliphatic rings. The summed E-state index contributed by atoms with van der Waals surface area (Å²) in [5.74, 6) is -1.22. The van der Waals surface area contributed by atoms with Crippen molar-refractivity contribution in [1.82, 2.24) is 0 Å². The molecule has 1 aliphatic carbocycles. The Labute approximate surface area is 152 Å². The van der Waals surface area contributed by atoms with Crippen molar-refractivity contribution in [3.63, 3.8) is 0 Å². The molecule has 0 heterocycles. The number of aryl methyl sites for hydroxylation is 1. The van der Waals surface area contributed by atoms with Gasteiger partial charge >= 0.3 is 0 Å². The van der Waals surface area contributed by atoms with Crippen LogP contribution in [-0.4, -0.2) is 11.8 Å². The summed E-state index contributed by atoms with van der Waals surface area (Å²) in [6.07, 6.45) is 0.510. The molecule has 3 rings (SSSR count). The van der Waals surface area contributed by atoms with Gasteiger partial charge in [-0.2, -0.15) is 0 Å². The van der Waals surface area contributed by atoms with Gasteiger partial charge in [0.25, 0.3) is 0 Å². The number of halogens is 1. The Morgan fingerprint density at radius 3 is 2.35 bits per heavy atom. The molecule has 0 saturated heterocycles. The van der Waals surface area contributed by atoms with Crippen LogP contribution in [0.25, 0.3) is 0 Å². The van der Waals surface area contributed by atoms with Crippen LogP contribution in [0.2, 0.25) is 0 Å². The second kappa shape index (κ2) is 7.28. The lowest BCUT2D eigenvalue weighted by molar-refractivity contribution is -0.122. The fourth-order valence-corrected chi connectivity index (χ4v) is 3.13. The molecule has 2 N–H and O–H groups in total.